The maximum absolute atomic E-state index is 9.03. The summed E-state index contributed by atoms with van der Waals surface area (Å²) in [6.45, 7) is 4.55. The Hall–Kier alpha value is -4.09. The van der Waals surface area contributed by atoms with E-state index < -0.39 is 0 Å². The number of aromatic nitrogens is 1. The molecule has 0 aliphatic rings. The van der Waals surface area contributed by atoms with Crippen molar-refractivity contribution in [2.75, 3.05) is 0 Å². The minimum Gasteiger partial charge on any atom is -0.309 e. The van der Waals surface area contributed by atoms with Crippen LogP contribution in [-0.4, -0.2) is 4.57 Å². The summed E-state index contributed by atoms with van der Waals surface area (Å²) in [4.78, 5) is 0. The third-order valence-corrected chi connectivity index (χ3v) is 8.19. The molecule has 0 amide bonds. The topological polar surface area (TPSA) is 28.7 Å². The lowest BCUT2D eigenvalue weighted by Gasteiger charge is -2.09. The largest absolute Gasteiger partial charge is 0.309 e. The lowest BCUT2D eigenvalue weighted by atomic mass is 10.0. The standard InChI is InChI=1S/C39H42N2/c1-3-5-7-9-11-32-21-25-38-36(27-32)37-28-33(12-10-8-6-4-2)22-26-39(37)41(38)35-23-19-31(20-24-35)14-13-30-15-17-34(29-40)18-16-30/h13-28H,3-12H2,1-2H3/b14-13+. The van der Waals surface area contributed by atoms with Crippen molar-refractivity contribution in [3.8, 4) is 11.8 Å². The van der Waals surface area contributed by atoms with Crippen LogP contribution in [0.15, 0.2) is 84.9 Å². The van der Waals surface area contributed by atoms with Crippen LogP contribution in [0.3, 0.4) is 0 Å². The lowest BCUT2D eigenvalue weighted by Crippen LogP contribution is -1.94. The smallest absolute Gasteiger partial charge is 0.0991 e. The molecule has 41 heavy (non-hydrogen) atoms. The van der Waals surface area contributed by atoms with Gasteiger partial charge in [-0.25, -0.2) is 0 Å². The molecule has 1 aromatic heterocycles. The second kappa shape index (κ2) is 14.0. The van der Waals surface area contributed by atoms with Crippen molar-refractivity contribution in [1.29, 1.82) is 5.26 Å². The predicted octanol–water partition coefficient (Wildman–Crippen LogP) is 11.1. The number of hydrogen-bond acceptors (Lipinski definition) is 1. The number of nitrogens with zero attached hydrogens (tertiary/aromatic N) is 2. The zero-order valence-corrected chi connectivity index (χ0v) is 24.7. The average molecular weight is 539 g/mol. The van der Waals surface area contributed by atoms with Crippen LogP contribution in [0.4, 0.5) is 0 Å². The van der Waals surface area contributed by atoms with E-state index in [9.17, 15) is 0 Å². The van der Waals surface area contributed by atoms with Gasteiger partial charge < -0.3 is 4.57 Å². The van der Waals surface area contributed by atoms with E-state index in [1.165, 1.54) is 90.0 Å². The van der Waals surface area contributed by atoms with Crippen LogP contribution in [0.5, 0.6) is 0 Å². The Kier molecular flexibility index (Phi) is 9.71. The van der Waals surface area contributed by atoms with Gasteiger partial charge in [-0.15, -0.1) is 0 Å². The van der Waals surface area contributed by atoms with Crippen molar-refractivity contribution in [2.24, 2.45) is 0 Å². The van der Waals surface area contributed by atoms with Gasteiger partial charge in [-0.2, -0.15) is 5.26 Å². The molecule has 0 saturated carbocycles. The molecule has 0 aliphatic heterocycles. The number of unbranched alkanes of at least 4 members (excludes halogenated alkanes) is 6. The van der Waals surface area contributed by atoms with Gasteiger partial charge in [-0.05, 0) is 96.5 Å². The molecule has 0 unspecified atom stereocenters. The quantitative estimate of drug-likeness (QED) is 0.108. The fourth-order valence-corrected chi connectivity index (χ4v) is 5.81. The van der Waals surface area contributed by atoms with E-state index in [0.717, 1.165) is 24.0 Å². The number of hydrogen-bond donors (Lipinski definition) is 0. The second-order valence-electron chi connectivity index (χ2n) is 11.3. The predicted molar refractivity (Wildman–Crippen MR) is 177 cm³/mol. The van der Waals surface area contributed by atoms with Crippen molar-refractivity contribution in [2.45, 2.75) is 78.1 Å². The third-order valence-electron chi connectivity index (χ3n) is 8.19. The Labute approximate surface area is 246 Å². The van der Waals surface area contributed by atoms with Crippen LogP contribution in [0.2, 0.25) is 0 Å². The van der Waals surface area contributed by atoms with Crippen molar-refractivity contribution < 1.29 is 0 Å². The molecule has 5 rings (SSSR count). The molecule has 1 heterocycles. The summed E-state index contributed by atoms with van der Waals surface area (Å²) in [6, 6.07) is 33.0. The number of aryl methyl sites for hydroxylation is 2. The minimum absolute atomic E-state index is 0.685. The molecule has 0 saturated heterocycles. The summed E-state index contributed by atoms with van der Waals surface area (Å²) < 4.78 is 2.43. The zero-order valence-electron chi connectivity index (χ0n) is 24.7. The highest BCUT2D eigenvalue weighted by Gasteiger charge is 2.14. The number of nitriles is 1. The van der Waals surface area contributed by atoms with Gasteiger partial charge in [0.2, 0.25) is 0 Å². The Bertz CT molecular complexity index is 1570. The van der Waals surface area contributed by atoms with Gasteiger partial charge in [-0.3, -0.25) is 0 Å². The van der Waals surface area contributed by atoms with Gasteiger partial charge in [0.25, 0.3) is 0 Å². The minimum atomic E-state index is 0.685. The molecule has 0 bridgehead atoms. The van der Waals surface area contributed by atoms with Crippen LogP contribution < -0.4 is 0 Å². The molecule has 0 N–H and O–H groups in total. The Morgan fingerprint density at radius 1 is 0.585 bits per heavy atom. The highest BCUT2D eigenvalue weighted by Crippen LogP contribution is 2.34. The summed E-state index contributed by atoms with van der Waals surface area (Å²) >= 11 is 0. The molecule has 0 radical (unpaired) electrons. The van der Waals surface area contributed by atoms with Crippen molar-refractivity contribution in [1.82, 2.24) is 4.57 Å². The molecular formula is C39H42N2. The van der Waals surface area contributed by atoms with E-state index in [4.69, 9.17) is 5.26 Å². The lowest BCUT2D eigenvalue weighted by molar-refractivity contribution is 0.667. The molecule has 2 heteroatoms. The summed E-state index contributed by atoms with van der Waals surface area (Å²) in [5.74, 6) is 0. The highest BCUT2D eigenvalue weighted by molar-refractivity contribution is 6.09. The maximum atomic E-state index is 9.03. The van der Waals surface area contributed by atoms with Gasteiger partial charge in [0.05, 0.1) is 22.7 Å². The molecule has 5 aromatic rings. The Morgan fingerprint density at radius 3 is 1.54 bits per heavy atom. The van der Waals surface area contributed by atoms with E-state index in [0.29, 0.717) is 5.56 Å². The molecule has 0 fully saturated rings. The van der Waals surface area contributed by atoms with Gasteiger partial charge >= 0.3 is 0 Å². The first-order valence-electron chi connectivity index (χ1n) is 15.5. The van der Waals surface area contributed by atoms with Crippen LogP contribution >= 0.6 is 0 Å². The van der Waals surface area contributed by atoms with E-state index in [2.05, 4.69) is 97.3 Å². The fourth-order valence-electron chi connectivity index (χ4n) is 5.81. The molecule has 0 atom stereocenters. The third kappa shape index (κ3) is 6.98. The van der Waals surface area contributed by atoms with Crippen molar-refractivity contribution >= 4 is 34.0 Å². The summed E-state index contributed by atoms with van der Waals surface area (Å²) in [7, 11) is 0. The van der Waals surface area contributed by atoms with Crippen molar-refractivity contribution in [3.63, 3.8) is 0 Å². The van der Waals surface area contributed by atoms with Crippen LogP contribution in [0.25, 0.3) is 39.6 Å². The normalized spacial score (nSPS) is 11.5. The summed E-state index contributed by atoms with van der Waals surface area (Å²) in [5, 5.41) is 11.8. The van der Waals surface area contributed by atoms with E-state index >= 15 is 0 Å². The van der Waals surface area contributed by atoms with E-state index in [1.807, 2.05) is 24.3 Å². The Morgan fingerprint density at radius 2 is 1.07 bits per heavy atom. The first-order valence-corrected chi connectivity index (χ1v) is 15.5. The fraction of sp³-hybridized carbons (Fsp3) is 0.308. The molecule has 0 aliphatic carbocycles. The molecule has 0 spiro atoms. The number of fused-ring (bicyclic) bond motifs is 3. The van der Waals surface area contributed by atoms with E-state index in [1.54, 1.807) is 0 Å². The highest BCUT2D eigenvalue weighted by atomic mass is 15.0. The molecular weight excluding hydrogens is 496 g/mol. The zero-order chi connectivity index (χ0) is 28.4. The van der Waals surface area contributed by atoms with Gasteiger partial charge in [-0.1, -0.05) is 101 Å². The first kappa shape index (κ1) is 28.4. The number of rotatable bonds is 13. The van der Waals surface area contributed by atoms with Crippen LogP contribution in [-0.2, 0) is 12.8 Å². The van der Waals surface area contributed by atoms with Crippen molar-refractivity contribution in [3.05, 3.63) is 113 Å². The number of benzene rings is 4. The second-order valence-corrected chi connectivity index (χ2v) is 11.3. The molecule has 4 aromatic carbocycles. The monoisotopic (exact) mass is 538 g/mol. The average Bonchev–Trinajstić information content (AvgIpc) is 3.34. The summed E-state index contributed by atoms with van der Waals surface area (Å²) in [5.41, 5.74) is 9.57. The molecule has 2 nitrogen and oxygen atoms in total. The molecule has 208 valence electrons. The van der Waals surface area contributed by atoms with Gasteiger partial charge in [0, 0.05) is 16.5 Å². The Balaban J connectivity index is 1.47. The van der Waals surface area contributed by atoms with Crippen LogP contribution in [0.1, 0.15) is 93.0 Å². The van der Waals surface area contributed by atoms with E-state index in [-0.39, 0.29) is 0 Å². The van der Waals surface area contributed by atoms with Crippen LogP contribution in [0, 0.1) is 11.3 Å². The SMILES string of the molecule is CCCCCCc1ccc2c(c1)c1cc(CCCCCC)ccc1n2-c1ccc(/C=C/c2ccc(C#N)cc2)cc1. The van der Waals surface area contributed by atoms with Gasteiger partial charge in [0.15, 0.2) is 0 Å². The van der Waals surface area contributed by atoms with Gasteiger partial charge in [0.1, 0.15) is 0 Å². The first-order chi connectivity index (χ1) is 20.2. The maximum Gasteiger partial charge on any atom is 0.0991 e. The summed E-state index contributed by atoms with van der Waals surface area (Å²) in [6.07, 6.45) is 16.9.